The average molecular weight is 217 g/mol. The van der Waals surface area contributed by atoms with E-state index in [0.29, 0.717) is 6.42 Å². The smallest absolute Gasteiger partial charge is 0.166 e. The minimum atomic E-state index is 0.143. The molecular formula is C13H15NO2. The minimum absolute atomic E-state index is 0.143. The van der Waals surface area contributed by atoms with Gasteiger partial charge in [-0.25, -0.2) is 0 Å². The van der Waals surface area contributed by atoms with Gasteiger partial charge in [-0.05, 0) is 30.5 Å². The molecule has 1 heterocycles. The first-order valence-corrected chi connectivity index (χ1v) is 5.44. The first kappa shape index (κ1) is 10.7. The van der Waals surface area contributed by atoms with Crippen LogP contribution >= 0.6 is 0 Å². The van der Waals surface area contributed by atoms with Crippen molar-refractivity contribution in [3.05, 3.63) is 41.7 Å². The Morgan fingerprint density at radius 1 is 1.31 bits per heavy atom. The van der Waals surface area contributed by atoms with Crippen LogP contribution in [0.3, 0.4) is 0 Å². The van der Waals surface area contributed by atoms with E-state index in [0.717, 1.165) is 36.3 Å². The molecule has 0 bridgehead atoms. The summed E-state index contributed by atoms with van der Waals surface area (Å²) in [5.41, 5.74) is 8.09. The van der Waals surface area contributed by atoms with Gasteiger partial charge < -0.3 is 10.5 Å². The van der Waals surface area contributed by atoms with Crippen molar-refractivity contribution in [2.45, 2.75) is 19.3 Å². The van der Waals surface area contributed by atoms with Crippen LogP contribution in [0.1, 0.15) is 18.4 Å². The Labute approximate surface area is 94.9 Å². The number of rotatable bonds is 3. The van der Waals surface area contributed by atoms with Crippen molar-refractivity contribution in [1.82, 2.24) is 0 Å². The van der Waals surface area contributed by atoms with E-state index in [4.69, 9.17) is 10.5 Å². The molecule has 0 saturated carbocycles. The quantitative estimate of drug-likeness (QED) is 0.788. The van der Waals surface area contributed by atoms with Crippen molar-refractivity contribution in [3.63, 3.8) is 0 Å². The first-order chi connectivity index (χ1) is 7.75. The van der Waals surface area contributed by atoms with E-state index in [2.05, 4.69) is 0 Å². The number of anilines is 1. The Balaban J connectivity index is 2.01. The zero-order valence-electron chi connectivity index (χ0n) is 9.11. The molecule has 0 unspecified atom stereocenters. The molecule has 0 spiro atoms. The van der Waals surface area contributed by atoms with Gasteiger partial charge in [0, 0.05) is 17.7 Å². The minimum Gasteiger partial charge on any atom is -0.501 e. The molecule has 0 aromatic heterocycles. The van der Waals surface area contributed by atoms with Crippen LogP contribution < -0.4 is 5.73 Å². The lowest BCUT2D eigenvalue weighted by molar-refractivity contribution is -0.115. The Bertz CT molecular complexity index is 406. The van der Waals surface area contributed by atoms with Crippen LogP contribution in [-0.2, 0) is 16.0 Å². The third-order valence-corrected chi connectivity index (χ3v) is 2.64. The highest BCUT2D eigenvalue weighted by Crippen LogP contribution is 2.15. The van der Waals surface area contributed by atoms with Crippen molar-refractivity contribution in [2.24, 2.45) is 0 Å². The topological polar surface area (TPSA) is 52.3 Å². The van der Waals surface area contributed by atoms with Gasteiger partial charge in [0.15, 0.2) is 5.78 Å². The number of benzene rings is 1. The van der Waals surface area contributed by atoms with E-state index >= 15 is 0 Å². The molecule has 0 aliphatic carbocycles. The Hall–Kier alpha value is -1.77. The fourth-order valence-electron chi connectivity index (χ4n) is 1.70. The van der Waals surface area contributed by atoms with Crippen molar-refractivity contribution >= 4 is 11.5 Å². The number of ketones is 1. The van der Waals surface area contributed by atoms with Gasteiger partial charge >= 0.3 is 0 Å². The maximum Gasteiger partial charge on any atom is 0.166 e. The summed E-state index contributed by atoms with van der Waals surface area (Å²) in [7, 11) is 0. The van der Waals surface area contributed by atoms with Gasteiger partial charge in [0.05, 0.1) is 12.9 Å². The van der Waals surface area contributed by atoms with Gasteiger partial charge in [0.1, 0.15) is 0 Å². The maximum atomic E-state index is 11.9. The molecule has 1 aliphatic heterocycles. The molecule has 1 aliphatic rings. The molecule has 0 saturated heterocycles. The predicted octanol–water partition coefficient (Wildman–Crippen LogP) is 2.07. The van der Waals surface area contributed by atoms with Crippen molar-refractivity contribution in [2.75, 3.05) is 12.3 Å². The molecule has 0 radical (unpaired) electrons. The van der Waals surface area contributed by atoms with Gasteiger partial charge in [-0.2, -0.15) is 0 Å². The fraction of sp³-hybridized carbons (Fsp3) is 0.308. The molecule has 0 atom stereocenters. The zero-order valence-corrected chi connectivity index (χ0v) is 9.11. The molecule has 1 aromatic rings. The van der Waals surface area contributed by atoms with Gasteiger partial charge in [-0.1, -0.05) is 12.1 Å². The number of hydrogen-bond acceptors (Lipinski definition) is 3. The summed E-state index contributed by atoms with van der Waals surface area (Å²) >= 11 is 0. The van der Waals surface area contributed by atoms with Crippen LogP contribution in [0.2, 0.25) is 0 Å². The van der Waals surface area contributed by atoms with Gasteiger partial charge in [-0.15, -0.1) is 0 Å². The second kappa shape index (κ2) is 4.84. The molecule has 1 aromatic carbocycles. The number of nitrogens with two attached hydrogens (primary N) is 1. The highest BCUT2D eigenvalue weighted by Gasteiger charge is 2.13. The molecule has 0 fully saturated rings. The lowest BCUT2D eigenvalue weighted by Crippen LogP contribution is -2.11. The molecule has 3 heteroatoms. The number of allylic oxidation sites excluding steroid dienone is 1. The molecule has 3 nitrogen and oxygen atoms in total. The summed E-state index contributed by atoms with van der Waals surface area (Å²) in [6.07, 6.45) is 3.78. The van der Waals surface area contributed by atoms with E-state index < -0.39 is 0 Å². The van der Waals surface area contributed by atoms with Crippen LogP contribution in [0.15, 0.2) is 36.1 Å². The Morgan fingerprint density at radius 3 is 2.69 bits per heavy atom. The summed E-state index contributed by atoms with van der Waals surface area (Å²) in [6.45, 7) is 0.721. The molecule has 84 valence electrons. The van der Waals surface area contributed by atoms with E-state index in [1.54, 1.807) is 6.26 Å². The molecule has 2 N–H and O–H groups in total. The van der Waals surface area contributed by atoms with Crippen LogP contribution in [0.25, 0.3) is 0 Å². The number of carbonyl (C=O) groups excluding carboxylic acids is 1. The highest BCUT2D eigenvalue weighted by atomic mass is 16.5. The highest BCUT2D eigenvalue weighted by molar-refractivity contribution is 5.96. The first-order valence-electron chi connectivity index (χ1n) is 5.44. The van der Waals surface area contributed by atoms with Crippen LogP contribution in [0, 0.1) is 0 Å². The zero-order chi connectivity index (χ0) is 11.4. The number of nitrogen functional groups attached to an aromatic ring is 1. The SMILES string of the molecule is Nc1ccc(CC(=O)C2=COCCC2)cc1. The average Bonchev–Trinajstić information content (AvgIpc) is 2.33. The lowest BCUT2D eigenvalue weighted by Gasteiger charge is -2.12. The largest absolute Gasteiger partial charge is 0.501 e. The third-order valence-electron chi connectivity index (χ3n) is 2.64. The Kier molecular flexibility index (Phi) is 3.25. The summed E-state index contributed by atoms with van der Waals surface area (Å²) < 4.78 is 5.16. The summed E-state index contributed by atoms with van der Waals surface area (Å²) in [6, 6.07) is 7.40. The van der Waals surface area contributed by atoms with E-state index in [1.165, 1.54) is 0 Å². The molecule has 2 rings (SSSR count). The van der Waals surface area contributed by atoms with Gasteiger partial charge in [0.2, 0.25) is 0 Å². The maximum absolute atomic E-state index is 11.9. The normalized spacial score (nSPS) is 15.1. The summed E-state index contributed by atoms with van der Waals surface area (Å²) in [5, 5.41) is 0. The number of carbonyl (C=O) groups is 1. The van der Waals surface area contributed by atoms with Crippen LogP contribution in [0.5, 0.6) is 0 Å². The van der Waals surface area contributed by atoms with E-state index in [1.807, 2.05) is 24.3 Å². The van der Waals surface area contributed by atoms with Crippen molar-refractivity contribution in [3.8, 4) is 0 Å². The summed E-state index contributed by atoms with van der Waals surface area (Å²) in [5.74, 6) is 0.143. The van der Waals surface area contributed by atoms with E-state index in [9.17, 15) is 4.79 Å². The second-order valence-corrected chi connectivity index (χ2v) is 3.96. The second-order valence-electron chi connectivity index (χ2n) is 3.96. The van der Waals surface area contributed by atoms with Gasteiger partial charge in [-0.3, -0.25) is 4.79 Å². The Morgan fingerprint density at radius 2 is 2.06 bits per heavy atom. The third kappa shape index (κ3) is 2.63. The molecular weight excluding hydrogens is 202 g/mol. The lowest BCUT2D eigenvalue weighted by atomic mass is 10.00. The van der Waals surface area contributed by atoms with Crippen molar-refractivity contribution < 1.29 is 9.53 Å². The van der Waals surface area contributed by atoms with Crippen LogP contribution in [-0.4, -0.2) is 12.4 Å². The molecule has 0 amide bonds. The fourth-order valence-corrected chi connectivity index (χ4v) is 1.70. The van der Waals surface area contributed by atoms with Crippen LogP contribution in [0.4, 0.5) is 5.69 Å². The standard InChI is InChI=1S/C13H15NO2/c14-12-5-3-10(4-6-12)8-13(15)11-2-1-7-16-9-11/h3-6,9H,1-2,7-8,14H2. The number of Topliss-reactive ketones (excluding diaryl/α,β-unsaturated/α-hetero) is 1. The number of ether oxygens (including phenoxy) is 1. The van der Waals surface area contributed by atoms with Gasteiger partial charge in [0.25, 0.3) is 0 Å². The van der Waals surface area contributed by atoms with E-state index in [-0.39, 0.29) is 5.78 Å². The predicted molar refractivity (Wildman–Crippen MR) is 62.8 cm³/mol. The summed E-state index contributed by atoms with van der Waals surface area (Å²) in [4.78, 5) is 11.9. The molecule has 16 heavy (non-hydrogen) atoms. The monoisotopic (exact) mass is 217 g/mol. The van der Waals surface area contributed by atoms with Crippen molar-refractivity contribution in [1.29, 1.82) is 0 Å². The number of hydrogen-bond donors (Lipinski definition) is 1.